The normalized spacial score (nSPS) is 19.6. The Balaban J connectivity index is 1.59. The van der Waals surface area contributed by atoms with Crippen LogP contribution in [0.5, 0.6) is 0 Å². The van der Waals surface area contributed by atoms with Crippen LogP contribution in [0, 0.1) is 0 Å². The fourth-order valence-corrected chi connectivity index (χ4v) is 4.09. The lowest BCUT2D eigenvalue weighted by molar-refractivity contribution is 0.0263. The van der Waals surface area contributed by atoms with Crippen LogP contribution in [0.2, 0.25) is 0 Å². The molecule has 0 spiro atoms. The lowest BCUT2D eigenvalue weighted by Gasteiger charge is -2.35. The summed E-state index contributed by atoms with van der Waals surface area (Å²) in [6, 6.07) is 4.29. The lowest BCUT2D eigenvalue weighted by Crippen LogP contribution is -2.47. The first-order valence-electron chi connectivity index (χ1n) is 11.3. The van der Waals surface area contributed by atoms with Crippen molar-refractivity contribution in [2.75, 3.05) is 63.9 Å². The first-order chi connectivity index (χ1) is 14.2. The maximum atomic E-state index is 5.78. The summed E-state index contributed by atoms with van der Waals surface area (Å²) in [4.78, 5) is 16.8. The SMILES string of the molecule is CCNC(=NCc1ccnc(N2CCN(CC)CC2)c1)N1CCC(OCC)CC1. The Hall–Kier alpha value is -1.86. The quantitative estimate of drug-likeness (QED) is 0.557. The van der Waals surface area contributed by atoms with E-state index in [1.54, 1.807) is 0 Å². The Kier molecular flexibility index (Phi) is 8.55. The third kappa shape index (κ3) is 6.31. The molecule has 0 atom stereocenters. The number of hydrogen-bond acceptors (Lipinski definition) is 5. The molecule has 29 heavy (non-hydrogen) atoms. The number of piperidine rings is 1. The van der Waals surface area contributed by atoms with Crippen LogP contribution in [0.1, 0.15) is 39.2 Å². The van der Waals surface area contributed by atoms with Crippen LogP contribution in [0.25, 0.3) is 0 Å². The Bertz CT molecular complexity index is 636. The molecule has 3 heterocycles. The van der Waals surface area contributed by atoms with E-state index >= 15 is 0 Å². The fraction of sp³-hybridized carbons (Fsp3) is 0.727. The third-order valence-electron chi connectivity index (χ3n) is 5.84. The summed E-state index contributed by atoms with van der Waals surface area (Å²) < 4.78 is 5.78. The van der Waals surface area contributed by atoms with Gasteiger partial charge in [0.2, 0.25) is 0 Å². The van der Waals surface area contributed by atoms with Crippen molar-refractivity contribution in [3.05, 3.63) is 23.9 Å². The predicted molar refractivity (Wildman–Crippen MR) is 120 cm³/mol. The van der Waals surface area contributed by atoms with Crippen molar-refractivity contribution in [2.45, 2.75) is 46.3 Å². The van der Waals surface area contributed by atoms with Gasteiger partial charge in [-0.2, -0.15) is 0 Å². The van der Waals surface area contributed by atoms with Gasteiger partial charge in [0.25, 0.3) is 0 Å². The minimum absolute atomic E-state index is 0.398. The third-order valence-corrected chi connectivity index (χ3v) is 5.84. The number of pyridine rings is 1. The molecule has 0 radical (unpaired) electrons. The number of aromatic nitrogens is 1. The molecule has 2 saturated heterocycles. The molecule has 0 unspecified atom stereocenters. The zero-order valence-corrected chi connectivity index (χ0v) is 18.4. The summed E-state index contributed by atoms with van der Waals surface area (Å²) in [5.41, 5.74) is 1.22. The van der Waals surface area contributed by atoms with Crippen molar-refractivity contribution in [3.8, 4) is 0 Å². The Labute approximate surface area is 176 Å². The van der Waals surface area contributed by atoms with E-state index < -0.39 is 0 Å². The van der Waals surface area contributed by atoms with Crippen molar-refractivity contribution in [3.63, 3.8) is 0 Å². The average molecular weight is 403 g/mol. The van der Waals surface area contributed by atoms with E-state index in [0.29, 0.717) is 12.6 Å². The van der Waals surface area contributed by atoms with Crippen molar-refractivity contribution in [2.24, 2.45) is 4.99 Å². The smallest absolute Gasteiger partial charge is 0.194 e. The second-order valence-corrected chi connectivity index (χ2v) is 7.76. The van der Waals surface area contributed by atoms with Gasteiger partial charge in [-0.15, -0.1) is 0 Å². The van der Waals surface area contributed by atoms with E-state index in [0.717, 1.165) is 83.6 Å². The molecule has 7 heteroatoms. The first kappa shape index (κ1) is 21.8. The first-order valence-corrected chi connectivity index (χ1v) is 11.3. The molecule has 1 aromatic heterocycles. The molecular weight excluding hydrogens is 364 g/mol. The van der Waals surface area contributed by atoms with Gasteiger partial charge in [-0.1, -0.05) is 6.92 Å². The fourth-order valence-electron chi connectivity index (χ4n) is 4.09. The number of piperazine rings is 1. The highest BCUT2D eigenvalue weighted by Gasteiger charge is 2.21. The Morgan fingerprint density at radius 2 is 1.90 bits per heavy atom. The Morgan fingerprint density at radius 1 is 1.14 bits per heavy atom. The number of guanidine groups is 1. The van der Waals surface area contributed by atoms with Gasteiger partial charge in [0.15, 0.2) is 5.96 Å². The highest BCUT2D eigenvalue weighted by Crippen LogP contribution is 2.17. The van der Waals surface area contributed by atoms with Gasteiger partial charge in [-0.3, -0.25) is 0 Å². The molecule has 2 fully saturated rings. The Morgan fingerprint density at radius 3 is 2.55 bits per heavy atom. The number of hydrogen-bond donors (Lipinski definition) is 1. The van der Waals surface area contributed by atoms with Gasteiger partial charge in [-0.05, 0) is 50.9 Å². The monoisotopic (exact) mass is 402 g/mol. The largest absolute Gasteiger partial charge is 0.378 e. The summed E-state index contributed by atoms with van der Waals surface area (Å²) in [5.74, 6) is 2.09. The number of ether oxygens (including phenoxy) is 1. The maximum Gasteiger partial charge on any atom is 0.194 e. The molecule has 2 aliphatic rings. The molecule has 0 aliphatic carbocycles. The lowest BCUT2D eigenvalue weighted by atomic mass is 10.1. The second-order valence-electron chi connectivity index (χ2n) is 7.76. The average Bonchev–Trinajstić information content (AvgIpc) is 2.78. The number of nitrogens with one attached hydrogen (secondary N) is 1. The summed E-state index contributed by atoms with van der Waals surface area (Å²) in [7, 11) is 0. The maximum absolute atomic E-state index is 5.78. The minimum atomic E-state index is 0.398. The molecule has 1 aromatic rings. The topological polar surface area (TPSA) is 56.2 Å². The molecule has 162 valence electrons. The summed E-state index contributed by atoms with van der Waals surface area (Å²) >= 11 is 0. The number of nitrogens with zero attached hydrogens (tertiary/aromatic N) is 5. The van der Waals surface area contributed by atoms with Crippen LogP contribution in [-0.4, -0.2) is 85.8 Å². The number of rotatable bonds is 7. The number of aliphatic imine (C=N–C) groups is 1. The van der Waals surface area contributed by atoms with E-state index in [1.165, 1.54) is 5.56 Å². The van der Waals surface area contributed by atoms with Crippen LogP contribution in [0.4, 0.5) is 5.82 Å². The van der Waals surface area contributed by atoms with E-state index in [9.17, 15) is 0 Å². The molecule has 0 bridgehead atoms. The molecule has 3 rings (SSSR count). The number of likely N-dealkylation sites (N-methyl/N-ethyl adjacent to an activating group) is 1. The minimum Gasteiger partial charge on any atom is -0.378 e. The highest BCUT2D eigenvalue weighted by molar-refractivity contribution is 5.80. The van der Waals surface area contributed by atoms with Gasteiger partial charge in [0.1, 0.15) is 5.82 Å². The van der Waals surface area contributed by atoms with Crippen molar-refractivity contribution in [1.82, 2.24) is 20.1 Å². The van der Waals surface area contributed by atoms with Gasteiger partial charge < -0.3 is 24.8 Å². The zero-order chi connectivity index (χ0) is 20.5. The molecule has 0 amide bonds. The number of likely N-dealkylation sites (tertiary alicyclic amines) is 1. The van der Waals surface area contributed by atoms with E-state index in [1.807, 2.05) is 6.20 Å². The molecule has 7 nitrogen and oxygen atoms in total. The highest BCUT2D eigenvalue weighted by atomic mass is 16.5. The standard InChI is InChI=1S/C22H38N6O/c1-4-23-22(28-11-8-20(9-12-28)29-6-3)25-18-19-7-10-24-21(17-19)27-15-13-26(5-2)14-16-27/h7,10,17,20H,4-6,8-9,11-16,18H2,1-3H3,(H,23,25). The second kappa shape index (κ2) is 11.4. The van der Waals surface area contributed by atoms with E-state index in [2.05, 4.69) is 57.9 Å². The van der Waals surface area contributed by atoms with Crippen molar-refractivity contribution in [1.29, 1.82) is 0 Å². The van der Waals surface area contributed by atoms with Crippen molar-refractivity contribution >= 4 is 11.8 Å². The summed E-state index contributed by atoms with van der Waals surface area (Å²) in [6.45, 7) is 16.2. The van der Waals surface area contributed by atoms with Crippen LogP contribution in [0.15, 0.2) is 23.3 Å². The van der Waals surface area contributed by atoms with Gasteiger partial charge in [-0.25, -0.2) is 9.98 Å². The molecule has 1 N–H and O–H groups in total. The summed E-state index contributed by atoms with van der Waals surface area (Å²) in [6.07, 6.45) is 4.46. The molecule has 2 aliphatic heterocycles. The van der Waals surface area contributed by atoms with Crippen LogP contribution < -0.4 is 10.2 Å². The molecular formula is C22H38N6O. The molecule has 0 aromatic carbocycles. The zero-order valence-electron chi connectivity index (χ0n) is 18.4. The van der Waals surface area contributed by atoms with Crippen LogP contribution >= 0.6 is 0 Å². The van der Waals surface area contributed by atoms with Gasteiger partial charge >= 0.3 is 0 Å². The van der Waals surface area contributed by atoms with Gasteiger partial charge in [0.05, 0.1) is 12.6 Å². The van der Waals surface area contributed by atoms with E-state index in [4.69, 9.17) is 9.73 Å². The predicted octanol–water partition coefficient (Wildman–Crippen LogP) is 2.19. The summed E-state index contributed by atoms with van der Waals surface area (Å²) in [5, 5.41) is 3.46. The van der Waals surface area contributed by atoms with Crippen LogP contribution in [-0.2, 0) is 11.3 Å². The number of anilines is 1. The van der Waals surface area contributed by atoms with Crippen LogP contribution in [0.3, 0.4) is 0 Å². The van der Waals surface area contributed by atoms with E-state index in [-0.39, 0.29) is 0 Å². The van der Waals surface area contributed by atoms with Gasteiger partial charge in [0, 0.05) is 58.6 Å². The molecule has 0 saturated carbocycles. The van der Waals surface area contributed by atoms with Crippen molar-refractivity contribution < 1.29 is 4.74 Å².